The van der Waals surface area contributed by atoms with Gasteiger partial charge < -0.3 is 15.5 Å². The van der Waals surface area contributed by atoms with E-state index in [9.17, 15) is 31.5 Å². The molecule has 184 valence electrons. The summed E-state index contributed by atoms with van der Waals surface area (Å²) in [6, 6.07) is 7.41. The lowest BCUT2D eigenvalue weighted by Gasteiger charge is -2.35. The summed E-state index contributed by atoms with van der Waals surface area (Å²) >= 11 is 0. The average molecular weight is 484 g/mol. The molecule has 0 radical (unpaired) electrons. The maximum absolute atomic E-state index is 13.8. The van der Waals surface area contributed by atoms with Crippen LogP contribution in [-0.2, 0) is 17.4 Å². The standard InChI is InChI=1S/C23H25F5N4O2/c1-15(13-16-18(24)6-4-7-19(16)25)29-22(34)32-11-9-31(10-12-32)14-21(33)30-20-8-3-2-5-17(20)23(26,27)28/h2-8,15H,9-14H2,1H3,(H,29,34)(H,30,33). The second kappa shape index (κ2) is 10.8. The zero-order valence-corrected chi connectivity index (χ0v) is 18.5. The fourth-order valence-corrected chi connectivity index (χ4v) is 3.73. The van der Waals surface area contributed by atoms with Gasteiger partial charge in [0.2, 0.25) is 5.91 Å². The highest BCUT2D eigenvalue weighted by Crippen LogP contribution is 2.34. The molecule has 1 fully saturated rings. The molecule has 6 nitrogen and oxygen atoms in total. The summed E-state index contributed by atoms with van der Waals surface area (Å²) in [5.41, 5.74) is -1.33. The molecule has 1 atom stereocenters. The van der Waals surface area contributed by atoms with Gasteiger partial charge in [-0.3, -0.25) is 9.69 Å². The Hall–Kier alpha value is -3.21. The van der Waals surface area contributed by atoms with Crippen molar-refractivity contribution >= 4 is 17.6 Å². The number of amides is 3. The number of anilines is 1. The van der Waals surface area contributed by atoms with Crippen LogP contribution in [0.1, 0.15) is 18.1 Å². The van der Waals surface area contributed by atoms with Crippen LogP contribution in [0.25, 0.3) is 0 Å². The molecule has 0 spiro atoms. The van der Waals surface area contributed by atoms with Gasteiger partial charge in [-0.25, -0.2) is 13.6 Å². The predicted molar refractivity (Wildman–Crippen MR) is 116 cm³/mol. The molecule has 3 rings (SSSR count). The van der Waals surface area contributed by atoms with E-state index in [-0.39, 0.29) is 24.2 Å². The van der Waals surface area contributed by atoms with Crippen LogP contribution >= 0.6 is 0 Å². The molecule has 0 bridgehead atoms. The molecule has 11 heteroatoms. The Morgan fingerprint density at radius 3 is 2.21 bits per heavy atom. The average Bonchev–Trinajstić information content (AvgIpc) is 2.76. The molecule has 1 aliphatic heterocycles. The molecular weight excluding hydrogens is 459 g/mol. The molecule has 0 aliphatic carbocycles. The van der Waals surface area contributed by atoms with Crippen LogP contribution < -0.4 is 10.6 Å². The van der Waals surface area contributed by atoms with Gasteiger partial charge in [0.05, 0.1) is 17.8 Å². The first-order chi connectivity index (χ1) is 16.0. The summed E-state index contributed by atoms with van der Waals surface area (Å²) in [6.45, 7) is 2.79. The van der Waals surface area contributed by atoms with Crippen LogP contribution in [0.5, 0.6) is 0 Å². The van der Waals surface area contributed by atoms with E-state index in [0.717, 1.165) is 18.2 Å². The van der Waals surface area contributed by atoms with Gasteiger partial charge in [0.15, 0.2) is 0 Å². The van der Waals surface area contributed by atoms with Crippen molar-refractivity contribution < 1.29 is 31.5 Å². The van der Waals surface area contributed by atoms with Crippen LogP contribution in [0.3, 0.4) is 0 Å². The summed E-state index contributed by atoms with van der Waals surface area (Å²) in [4.78, 5) is 28.0. The molecule has 1 unspecified atom stereocenters. The number of carbonyl (C=O) groups is 2. The second-order valence-electron chi connectivity index (χ2n) is 8.11. The summed E-state index contributed by atoms with van der Waals surface area (Å²) in [5.74, 6) is -1.94. The second-order valence-corrected chi connectivity index (χ2v) is 8.11. The van der Waals surface area contributed by atoms with E-state index >= 15 is 0 Å². The van der Waals surface area contributed by atoms with Crippen molar-refractivity contribution in [3.63, 3.8) is 0 Å². The number of benzene rings is 2. The van der Waals surface area contributed by atoms with Gasteiger partial charge in [-0.2, -0.15) is 13.2 Å². The lowest BCUT2D eigenvalue weighted by Crippen LogP contribution is -2.54. The Morgan fingerprint density at radius 1 is 0.971 bits per heavy atom. The molecule has 2 N–H and O–H groups in total. The Morgan fingerprint density at radius 2 is 1.59 bits per heavy atom. The molecule has 0 saturated carbocycles. The molecular formula is C23H25F5N4O2. The Kier molecular flexibility index (Phi) is 8.08. The third-order valence-corrected chi connectivity index (χ3v) is 5.48. The van der Waals surface area contributed by atoms with Crippen LogP contribution in [0.2, 0.25) is 0 Å². The quantitative estimate of drug-likeness (QED) is 0.612. The van der Waals surface area contributed by atoms with Crippen molar-refractivity contribution in [1.82, 2.24) is 15.1 Å². The topological polar surface area (TPSA) is 64.7 Å². The van der Waals surface area contributed by atoms with Crippen molar-refractivity contribution in [1.29, 1.82) is 0 Å². The van der Waals surface area contributed by atoms with Gasteiger partial charge in [-0.15, -0.1) is 0 Å². The van der Waals surface area contributed by atoms with Crippen LogP contribution in [0.4, 0.5) is 32.4 Å². The number of urea groups is 1. The van der Waals surface area contributed by atoms with Crippen molar-refractivity contribution in [2.24, 2.45) is 0 Å². The molecule has 3 amide bonds. The number of hydrogen-bond donors (Lipinski definition) is 2. The fraction of sp³-hybridized carbons (Fsp3) is 0.391. The number of piperazine rings is 1. The molecule has 2 aromatic carbocycles. The maximum Gasteiger partial charge on any atom is 0.418 e. The van der Waals surface area contributed by atoms with Crippen LogP contribution in [0.15, 0.2) is 42.5 Å². The van der Waals surface area contributed by atoms with Gasteiger partial charge in [-0.05, 0) is 37.6 Å². The number of hydrogen-bond acceptors (Lipinski definition) is 3. The first-order valence-electron chi connectivity index (χ1n) is 10.7. The highest BCUT2D eigenvalue weighted by molar-refractivity contribution is 5.93. The van der Waals surface area contributed by atoms with E-state index in [1.807, 2.05) is 0 Å². The third kappa shape index (κ3) is 6.66. The summed E-state index contributed by atoms with van der Waals surface area (Å²) in [7, 11) is 0. The molecule has 1 saturated heterocycles. The minimum atomic E-state index is -4.59. The Bertz CT molecular complexity index is 1000. The summed E-state index contributed by atoms with van der Waals surface area (Å²) < 4.78 is 66.9. The van der Waals surface area contributed by atoms with E-state index < -0.39 is 41.4 Å². The minimum Gasteiger partial charge on any atom is -0.335 e. The molecule has 2 aromatic rings. The number of halogens is 5. The fourth-order valence-electron chi connectivity index (χ4n) is 3.73. The summed E-state index contributed by atoms with van der Waals surface area (Å²) in [5, 5.41) is 5.01. The first kappa shape index (κ1) is 25.4. The number of rotatable bonds is 6. The summed E-state index contributed by atoms with van der Waals surface area (Å²) in [6.07, 6.45) is -4.60. The van der Waals surface area contributed by atoms with Gasteiger partial charge in [0.25, 0.3) is 0 Å². The lowest BCUT2D eigenvalue weighted by molar-refractivity contribution is -0.137. The van der Waals surface area contributed by atoms with E-state index in [4.69, 9.17) is 0 Å². The zero-order valence-electron chi connectivity index (χ0n) is 18.5. The third-order valence-electron chi connectivity index (χ3n) is 5.48. The van der Waals surface area contributed by atoms with Crippen molar-refractivity contribution in [2.45, 2.75) is 25.6 Å². The molecule has 34 heavy (non-hydrogen) atoms. The number of nitrogens with zero attached hydrogens (tertiary/aromatic N) is 2. The molecule has 1 heterocycles. The largest absolute Gasteiger partial charge is 0.418 e. The van der Waals surface area contributed by atoms with Gasteiger partial charge in [0, 0.05) is 37.8 Å². The Labute approximate surface area is 193 Å². The smallest absolute Gasteiger partial charge is 0.335 e. The van der Waals surface area contributed by atoms with Crippen molar-refractivity contribution in [3.8, 4) is 0 Å². The van der Waals surface area contributed by atoms with Crippen molar-refractivity contribution in [3.05, 3.63) is 65.2 Å². The molecule has 0 aromatic heterocycles. The van der Waals surface area contributed by atoms with Gasteiger partial charge in [0.1, 0.15) is 11.6 Å². The lowest BCUT2D eigenvalue weighted by atomic mass is 10.1. The van der Waals surface area contributed by atoms with Crippen LogP contribution in [-0.4, -0.2) is 60.5 Å². The Balaban J connectivity index is 1.46. The van der Waals surface area contributed by atoms with Crippen LogP contribution in [0, 0.1) is 11.6 Å². The van der Waals surface area contributed by atoms with Gasteiger partial charge >= 0.3 is 12.2 Å². The van der Waals surface area contributed by atoms with E-state index in [0.29, 0.717) is 26.2 Å². The van der Waals surface area contributed by atoms with Crippen molar-refractivity contribution in [2.75, 3.05) is 38.0 Å². The molecule has 1 aliphatic rings. The van der Waals surface area contributed by atoms with Gasteiger partial charge in [-0.1, -0.05) is 18.2 Å². The number of para-hydroxylation sites is 1. The SMILES string of the molecule is CC(Cc1c(F)cccc1F)NC(=O)N1CCN(CC(=O)Nc2ccccc2C(F)(F)F)CC1. The van der Waals surface area contributed by atoms with E-state index in [2.05, 4.69) is 10.6 Å². The monoisotopic (exact) mass is 484 g/mol. The highest BCUT2D eigenvalue weighted by Gasteiger charge is 2.33. The highest BCUT2D eigenvalue weighted by atomic mass is 19.4. The number of nitrogens with one attached hydrogen (secondary N) is 2. The zero-order chi connectivity index (χ0) is 24.9. The maximum atomic E-state index is 13.8. The minimum absolute atomic E-state index is 0.0101. The normalized spacial score (nSPS) is 15.6. The predicted octanol–water partition coefficient (Wildman–Crippen LogP) is 3.88. The first-order valence-corrected chi connectivity index (χ1v) is 10.7. The van der Waals surface area contributed by atoms with E-state index in [1.54, 1.807) is 11.8 Å². The van der Waals surface area contributed by atoms with E-state index in [1.165, 1.54) is 29.2 Å². The number of carbonyl (C=O) groups excluding carboxylic acids is 2. The number of alkyl halides is 3.